The summed E-state index contributed by atoms with van der Waals surface area (Å²) in [5.74, 6) is 5.03. The maximum absolute atomic E-state index is 13.0. The SMILES string of the molecule is CN1C(=O)c2c(nc(S(=O)(=O)CC3CC3)n2C)N(CC#Cc2ccc(F)cc2)C1O. The third-order valence-electron chi connectivity index (χ3n) is 5.21. The van der Waals surface area contributed by atoms with Crippen LogP contribution in [0.4, 0.5) is 10.2 Å². The summed E-state index contributed by atoms with van der Waals surface area (Å²) in [6.45, 7) is -0.0116. The van der Waals surface area contributed by atoms with Crippen molar-refractivity contribution in [1.82, 2.24) is 14.5 Å². The molecule has 1 aromatic heterocycles. The Balaban J connectivity index is 1.69. The number of aliphatic hydroxyl groups excluding tert-OH is 1. The van der Waals surface area contributed by atoms with Gasteiger partial charge in [0.2, 0.25) is 21.3 Å². The van der Waals surface area contributed by atoms with E-state index in [9.17, 15) is 22.7 Å². The second kappa shape index (κ2) is 7.41. The second-order valence-electron chi connectivity index (χ2n) is 7.55. The van der Waals surface area contributed by atoms with Crippen molar-refractivity contribution < 1.29 is 22.7 Å². The first-order chi connectivity index (χ1) is 14.2. The molecule has 1 amide bonds. The van der Waals surface area contributed by atoms with E-state index >= 15 is 0 Å². The number of anilines is 1. The van der Waals surface area contributed by atoms with Crippen LogP contribution in [0.3, 0.4) is 0 Å². The van der Waals surface area contributed by atoms with Gasteiger partial charge in [0, 0.05) is 19.7 Å². The summed E-state index contributed by atoms with van der Waals surface area (Å²) < 4.78 is 39.9. The zero-order valence-corrected chi connectivity index (χ0v) is 17.4. The molecule has 0 radical (unpaired) electrons. The molecule has 30 heavy (non-hydrogen) atoms. The van der Waals surface area contributed by atoms with Crippen LogP contribution in [0, 0.1) is 23.6 Å². The summed E-state index contributed by atoms with van der Waals surface area (Å²) in [5.41, 5.74) is 0.669. The number of amides is 1. The van der Waals surface area contributed by atoms with E-state index in [-0.39, 0.29) is 40.7 Å². The van der Waals surface area contributed by atoms with E-state index in [1.54, 1.807) is 0 Å². The van der Waals surface area contributed by atoms with Crippen LogP contribution in [0.2, 0.25) is 0 Å². The summed E-state index contributed by atoms with van der Waals surface area (Å²) in [4.78, 5) is 19.4. The molecule has 2 aliphatic rings. The Kier molecular flexibility index (Phi) is 5.03. The number of benzene rings is 1. The minimum atomic E-state index is -3.67. The first-order valence-corrected chi connectivity index (χ1v) is 11.1. The van der Waals surface area contributed by atoms with E-state index in [0.29, 0.717) is 5.56 Å². The summed E-state index contributed by atoms with van der Waals surface area (Å²) in [6, 6.07) is 5.64. The molecule has 2 aromatic rings. The molecule has 1 unspecified atom stereocenters. The van der Waals surface area contributed by atoms with Crippen LogP contribution < -0.4 is 4.90 Å². The molecule has 0 saturated heterocycles. The van der Waals surface area contributed by atoms with Crippen LogP contribution in [0.5, 0.6) is 0 Å². The van der Waals surface area contributed by atoms with Crippen LogP contribution in [-0.4, -0.2) is 59.6 Å². The van der Waals surface area contributed by atoms with Gasteiger partial charge in [0.05, 0.1) is 12.3 Å². The molecular formula is C20H21FN4O4S. The molecule has 4 rings (SSSR count). The minimum absolute atomic E-state index is 0.00626. The highest BCUT2D eigenvalue weighted by Gasteiger charge is 2.41. The van der Waals surface area contributed by atoms with Crippen LogP contribution in [-0.2, 0) is 16.9 Å². The molecular weight excluding hydrogens is 411 g/mol. The second-order valence-corrected chi connectivity index (χ2v) is 9.48. The number of hydrogen-bond donors (Lipinski definition) is 1. The topological polar surface area (TPSA) is 95.7 Å². The normalized spacial score (nSPS) is 18.8. The predicted octanol–water partition coefficient (Wildman–Crippen LogP) is 0.962. The molecule has 158 valence electrons. The zero-order chi connectivity index (χ0) is 21.6. The van der Waals surface area contributed by atoms with Gasteiger partial charge in [-0.15, -0.1) is 0 Å². The van der Waals surface area contributed by atoms with Crippen molar-refractivity contribution in [3.8, 4) is 11.8 Å². The van der Waals surface area contributed by atoms with Gasteiger partial charge in [0.15, 0.2) is 11.5 Å². The third-order valence-corrected chi connectivity index (χ3v) is 7.04. The maximum Gasteiger partial charge on any atom is 0.277 e. The lowest BCUT2D eigenvalue weighted by atomic mass is 10.2. The largest absolute Gasteiger partial charge is 0.356 e. The number of sulfone groups is 1. The summed E-state index contributed by atoms with van der Waals surface area (Å²) in [6.07, 6.45) is 0.394. The Morgan fingerprint density at radius 2 is 1.90 bits per heavy atom. The van der Waals surface area contributed by atoms with E-state index in [0.717, 1.165) is 17.7 Å². The lowest BCUT2D eigenvalue weighted by Crippen LogP contribution is -2.54. The average Bonchev–Trinajstić information content (AvgIpc) is 3.43. The Labute approximate surface area is 173 Å². The molecule has 1 atom stereocenters. The fraction of sp³-hybridized carbons (Fsp3) is 0.400. The van der Waals surface area contributed by atoms with Crippen molar-refractivity contribution >= 4 is 21.6 Å². The van der Waals surface area contributed by atoms with Gasteiger partial charge in [-0.25, -0.2) is 12.8 Å². The highest BCUT2D eigenvalue weighted by molar-refractivity contribution is 7.91. The van der Waals surface area contributed by atoms with E-state index in [2.05, 4.69) is 16.8 Å². The number of carbonyl (C=O) groups excluding carboxylic acids is 1. The van der Waals surface area contributed by atoms with Crippen molar-refractivity contribution in [2.45, 2.75) is 24.3 Å². The molecule has 0 spiro atoms. The molecule has 10 heteroatoms. The summed E-state index contributed by atoms with van der Waals surface area (Å²) in [7, 11) is -0.768. The summed E-state index contributed by atoms with van der Waals surface area (Å²) in [5, 5.41) is 10.4. The molecule has 8 nitrogen and oxygen atoms in total. The van der Waals surface area contributed by atoms with Crippen LogP contribution >= 0.6 is 0 Å². The van der Waals surface area contributed by atoms with Gasteiger partial charge < -0.3 is 14.6 Å². The molecule has 1 aliphatic carbocycles. The van der Waals surface area contributed by atoms with Gasteiger partial charge in [-0.3, -0.25) is 9.69 Å². The number of imidazole rings is 1. The number of nitrogens with zero attached hydrogens (tertiary/aromatic N) is 4. The number of aromatic nitrogens is 2. The predicted molar refractivity (Wildman–Crippen MR) is 107 cm³/mol. The maximum atomic E-state index is 13.0. The highest BCUT2D eigenvalue weighted by atomic mass is 32.2. The van der Waals surface area contributed by atoms with E-state index < -0.39 is 22.1 Å². The lowest BCUT2D eigenvalue weighted by molar-refractivity contribution is 0.0139. The van der Waals surface area contributed by atoms with Crippen molar-refractivity contribution in [2.24, 2.45) is 13.0 Å². The third kappa shape index (κ3) is 3.66. The van der Waals surface area contributed by atoms with E-state index in [1.165, 1.54) is 47.8 Å². The smallest absolute Gasteiger partial charge is 0.277 e. The minimum Gasteiger partial charge on any atom is -0.356 e. The van der Waals surface area contributed by atoms with E-state index in [4.69, 9.17) is 0 Å². The van der Waals surface area contributed by atoms with Crippen molar-refractivity contribution in [3.05, 3.63) is 41.3 Å². The first kappa shape index (κ1) is 20.4. The Hall–Kier alpha value is -2.90. The van der Waals surface area contributed by atoms with Gasteiger partial charge in [-0.2, -0.15) is 4.98 Å². The fourth-order valence-electron chi connectivity index (χ4n) is 3.36. The van der Waals surface area contributed by atoms with Gasteiger partial charge in [0.1, 0.15) is 5.82 Å². The molecule has 2 heterocycles. The number of rotatable bonds is 4. The number of hydrogen-bond acceptors (Lipinski definition) is 6. The Morgan fingerprint density at radius 1 is 1.23 bits per heavy atom. The Morgan fingerprint density at radius 3 is 2.53 bits per heavy atom. The molecule has 0 bridgehead atoms. The van der Waals surface area contributed by atoms with Crippen molar-refractivity contribution in [3.63, 3.8) is 0 Å². The molecule has 1 fully saturated rings. The standard InChI is InChI=1S/C20H21FN4O4S/c1-23-16-17(22-19(23)30(28,29)12-14-5-6-14)25(20(27)24(2)18(16)26)11-3-4-13-7-9-15(21)10-8-13/h7-10,14,20,27H,5-6,11-12H2,1-2H3. The molecule has 1 saturated carbocycles. The fourth-order valence-corrected chi connectivity index (χ4v) is 5.20. The first-order valence-electron chi connectivity index (χ1n) is 9.45. The molecule has 1 aliphatic heterocycles. The molecule has 1 N–H and O–H groups in total. The highest BCUT2D eigenvalue weighted by Crippen LogP contribution is 2.35. The average molecular weight is 432 g/mol. The van der Waals surface area contributed by atoms with Gasteiger partial charge in [-0.05, 0) is 43.0 Å². The van der Waals surface area contributed by atoms with Gasteiger partial charge >= 0.3 is 0 Å². The number of fused-ring (bicyclic) bond motifs is 1. The number of carbonyl (C=O) groups is 1. The zero-order valence-electron chi connectivity index (χ0n) is 16.5. The van der Waals surface area contributed by atoms with Crippen LogP contribution in [0.25, 0.3) is 0 Å². The van der Waals surface area contributed by atoms with Crippen molar-refractivity contribution in [1.29, 1.82) is 0 Å². The van der Waals surface area contributed by atoms with Crippen LogP contribution in [0.1, 0.15) is 28.9 Å². The quantitative estimate of drug-likeness (QED) is 0.724. The van der Waals surface area contributed by atoms with Crippen molar-refractivity contribution in [2.75, 3.05) is 24.2 Å². The van der Waals surface area contributed by atoms with Crippen LogP contribution in [0.15, 0.2) is 29.4 Å². The number of halogens is 1. The van der Waals surface area contributed by atoms with Gasteiger partial charge in [0.25, 0.3) is 5.91 Å². The summed E-state index contributed by atoms with van der Waals surface area (Å²) >= 11 is 0. The Bertz CT molecular complexity index is 1160. The number of aliphatic hydroxyl groups is 1. The van der Waals surface area contributed by atoms with Gasteiger partial charge in [-0.1, -0.05) is 11.8 Å². The lowest BCUT2D eigenvalue weighted by Gasteiger charge is -2.37. The molecule has 1 aromatic carbocycles. The van der Waals surface area contributed by atoms with E-state index in [1.807, 2.05) is 0 Å². The monoisotopic (exact) mass is 432 g/mol.